The number of aromatic nitrogens is 2. The molecule has 1 fully saturated rings. The average molecular weight is 532 g/mol. The molecular weight excluding hydrogens is 503 g/mol. The molecule has 1 aromatic heterocycles. The minimum Gasteiger partial charge on any atom is -0.424 e. The molecule has 0 spiro atoms. The molecule has 0 saturated heterocycles. The SMILES string of the molecule is Cc1ccccc1CC(=O)Nc1cc(NC(=O)[N-]c2c[n+]([C@@H]3CCCC(CO)C3)no2)cc(C(F)(F)F)c1. The van der Waals surface area contributed by atoms with Crippen LogP contribution in [0.3, 0.4) is 0 Å². The zero-order valence-corrected chi connectivity index (χ0v) is 20.7. The lowest BCUT2D eigenvalue weighted by Crippen LogP contribution is -2.43. The van der Waals surface area contributed by atoms with Crippen LogP contribution in [0.25, 0.3) is 5.32 Å². The molecule has 202 valence electrons. The molecule has 4 rings (SSSR count). The lowest BCUT2D eigenvalue weighted by Gasteiger charge is -2.21. The van der Waals surface area contributed by atoms with Gasteiger partial charge in [-0.2, -0.15) is 13.2 Å². The van der Waals surface area contributed by atoms with Crippen molar-refractivity contribution in [3.05, 3.63) is 70.7 Å². The van der Waals surface area contributed by atoms with E-state index in [2.05, 4.69) is 21.2 Å². The van der Waals surface area contributed by atoms with Crippen LogP contribution in [-0.2, 0) is 17.4 Å². The summed E-state index contributed by atoms with van der Waals surface area (Å²) in [5.74, 6) is -0.459. The Morgan fingerprint density at radius 1 is 1.16 bits per heavy atom. The van der Waals surface area contributed by atoms with Crippen molar-refractivity contribution in [3.8, 4) is 0 Å². The summed E-state index contributed by atoms with van der Waals surface area (Å²) in [6.07, 6.45) is 0.0946. The van der Waals surface area contributed by atoms with E-state index in [4.69, 9.17) is 4.52 Å². The highest BCUT2D eigenvalue weighted by atomic mass is 19.4. The summed E-state index contributed by atoms with van der Waals surface area (Å²) in [6.45, 7) is 1.92. The van der Waals surface area contributed by atoms with Gasteiger partial charge < -0.3 is 25.6 Å². The Bertz CT molecular complexity index is 1290. The van der Waals surface area contributed by atoms with Gasteiger partial charge in [0, 0.05) is 25.1 Å². The largest absolute Gasteiger partial charge is 0.424 e. The van der Waals surface area contributed by atoms with Crippen LogP contribution in [0.1, 0.15) is 48.4 Å². The van der Waals surface area contributed by atoms with Gasteiger partial charge in [-0.05, 0) is 60.7 Å². The second-order valence-corrected chi connectivity index (χ2v) is 9.38. The van der Waals surface area contributed by atoms with Crippen LogP contribution in [0, 0.1) is 12.8 Å². The first-order chi connectivity index (χ1) is 18.1. The second-order valence-electron chi connectivity index (χ2n) is 9.38. The smallest absolute Gasteiger partial charge is 0.416 e. The zero-order chi connectivity index (χ0) is 27.3. The minimum absolute atomic E-state index is 0.00836. The van der Waals surface area contributed by atoms with Gasteiger partial charge in [-0.15, -0.1) is 0 Å². The lowest BCUT2D eigenvalue weighted by atomic mass is 9.86. The Balaban J connectivity index is 1.43. The summed E-state index contributed by atoms with van der Waals surface area (Å²) in [5, 5.41) is 21.8. The van der Waals surface area contributed by atoms with E-state index < -0.39 is 23.7 Å². The second kappa shape index (κ2) is 11.6. The summed E-state index contributed by atoms with van der Waals surface area (Å²) in [5.41, 5.74) is 0.252. The van der Waals surface area contributed by atoms with Gasteiger partial charge in [-0.1, -0.05) is 28.9 Å². The summed E-state index contributed by atoms with van der Waals surface area (Å²) in [7, 11) is 0. The number of alkyl halides is 3. The molecule has 1 aliphatic rings. The Morgan fingerprint density at radius 2 is 1.89 bits per heavy atom. The number of carbonyl (C=O) groups excluding carboxylic acids is 2. The first-order valence-electron chi connectivity index (χ1n) is 12.2. The molecule has 2 atom stereocenters. The number of urea groups is 1. The minimum atomic E-state index is -4.71. The predicted octanol–water partition coefficient (Wildman–Crippen LogP) is 5.43. The molecule has 1 unspecified atom stereocenters. The van der Waals surface area contributed by atoms with Crippen molar-refractivity contribution in [2.45, 2.75) is 51.2 Å². The maximum atomic E-state index is 13.5. The molecular formula is C26H28F3N5O4. The number of aliphatic hydroxyl groups excluding tert-OH is 1. The molecule has 12 heteroatoms. The highest BCUT2D eigenvalue weighted by Gasteiger charge is 2.32. The van der Waals surface area contributed by atoms with E-state index >= 15 is 0 Å². The maximum Gasteiger partial charge on any atom is 0.416 e. The van der Waals surface area contributed by atoms with E-state index in [0.29, 0.717) is 6.42 Å². The maximum absolute atomic E-state index is 13.5. The third kappa shape index (κ3) is 7.09. The fourth-order valence-electron chi connectivity index (χ4n) is 4.51. The van der Waals surface area contributed by atoms with Crippen molar-refractivity contribution < 1.29 is 37.1 Å². The number of halogens is 3. The average Bonchev–Trinajstić information content (AvgIpc) is 3.33. The van der Waals surface area contributed by atoms with Gasteiger partial charge in [-0.3, -0.25) is 9.59 Å². The first-order valence-corrected chi connectivity index (χ1v) is 12.2. The van der Waals surface area contributed by atoms with Gasteiger partial charge in [-0.25, -0.2) is 0 Å². The highest BCUT2D eigenvalue weighted by molar-refractivity contribution is 6.04. The summed E-state index contributed by atoms with van der Waals surface area (Å²) in [6, 6.07) is 8.98. The molecule has 9 nitrogen and oxygen atoms in total. The number of hydrogen-bond donors (Lipinski definition) is 3. The van der Waals surface area contributed by atoms with Crippen molar-refractivity contribution in [2.24, 2.45) is 5.92 Å². The van der Waals surface area contributed by atoms with Crippen molar-refractivity contribution in [1.29, 1.82) is 0 Å². The lowest BCUT2D eigenvalue weighted by molar-refractivity contribution is -0.788. The number of aryl methyl sites for hydroxylation is 1. The molecule has 3 amide bonds. The van der Waals surface area contributed by atoms with E-state index in [0.717, 1.165) is 42.5 Å². The fourth-order valence-corrected chi connectivity index (χ4v) is 4.51. The topological polar surface area (TPSA) is 122 Å². The van der Waals surface area contributed by atoms with Gasteiger partial charge >= 0.3 is 6.18 Å². The van der Waals surface area contributed by atoms with E-state index in [1.54, 1.807) is 16.8 Å². The molecule has 38 heavy (non-hydrogen) atoms. The third-order valence-electron chi connectivity index (χ3n) is 6.48. The van der Waals surface area contributed by atoms with Crippen molar-refractivity contribution in [1.82, 2.24) is 5.27 Å². The number of anilines is 2. The van der Waals surface area contributed by atoms with Crippen LogP contribution in [-0.4, -0.2) is 28.9 Å². The molecule has 1 saturated carbocycles. The fraction of sp³-hybridized carbons (Fsp3) is 0.385. The highest BCUT2D eigenvalue weighted by Crippen LogP contribution is 2.34. The molecule has 2 aromatic carbocycles. The number of aliphatic hydroxyl groups is 1. The van der Waals surface area contributed by atoms with E-state index in [1.807, 2.05) is 19.1 Å². The molecule has 0 aliphatic heterocycles. The van der Waals surface area contributed by atoms with E-state index in [1.165, 1.54) is 12.3 Å². The zero-order valence-electron chi connectivity index (χ0n) is 20.7. The number of hydrogen-bond acceptors (Lipinski definition) is 5. The quantitative estimate of drug-likeness (QED) is 0.351. The predicted molar refractivity (Wildman–Crippen MR) is 132 cm³/mol. The van der Waals surface area contributed by atoms with Gasteiger partial charge in [0.05, 0.1) is 12.0 Å². The van der Waals surface area contributed by atoms with Crippen LogP contribution < -0.4 is 15.3 Å². The molecule has 1 aliphatic carbocycles. The van der Waals surface area contributed by atoms with Gasteiger partial charge in [0.15, 0.2) is 17.3 Å². The van der Waals surface area contributed by atoms with Crippen LogP contribution in [0.15, 0.2) is 53.2 Å². The molecule has 3 N–H and O–H groups in total. The van der Waals surface area contributed by atoms with Crippen molar-refractivity contribution in [2.75, 3.05) is 17.2 Å². The Hall–Kier alpha value is -3.93. The molecule has 0 bridgehead atoms. The normalized spacial score (nSPS) is 17.6. The van der Waals surface area contributed by atoms with Crippen LogP contribution in [0.2, 0.25) is 0 Å². The van der Waals surface area contributed by atoms with Crippen molar-refractivity contribution in [3.63, 3.8) is 0 Å². The monoisotopic (exact) mass is 531 g/mol. The number of amides is 3. The van der Waals surface area contributed by atoms with Gasteiger partial charge in [0.25, 0.3) is 0 Å². The third-order valence-corrected chi connectivity index (χ3v) is 6.48. The molecule has 1 heterocycles. The molecule has 0 radical (unpaired) electrons. The Kier molecular flexibility index (Phi) is 8.30. The summed E-state index contributed by atoms with van der Waals surface area (Å²) < 4.78 is 47.2. The van der Waals surface area contributed by atoms with E-state index in [-0.39, 0.29) is 42.2 Å². The number of carbonyl (C=O) groups is 2. The van der Waals surface area contributed by atoms with Crippen LogP contribution in [0.4, 0.5) is 35.2 Å². The number of nitrogens with one attached hydrogen (secondary N) is 2. The van der Waals surface area contributed by atoms with Crippen LogP contribution >= 0.6 is 0 Å². The van der Waals surface area contributed by atoms with Gasteiger partial charge in [0.2, 0.25) is 18.0 Å². The number of benzene rings is 2. The molecule has 3 aromatic rings. The Labute approximate surface area is 217 Å². The van der Waals surface area contributed by atoms with Gasteiger partial charge in [0.1, 0.15) is 0 Å². The Morgan fingerprint density at radius 3 is 2.61 bits per heavy atom. The number of rotatable bonds is 7. The number of nitrogens with zero attached hydrogens (tertiary/aromatic N) is 3. The van der Waals surface area contributed by atoms with E-state index in [9.17, 15) is 27.9 Å². The summed E-state index contributed by atoms with van der Waals surface area (Å²) in [4.78, 5) is 25.0. The van der Waals surface area contributed by atoms with Crippen molar-refractivity contribution >= 4 is 29.2 Å². The first kappa shape index (κ1) is 27.1. The van der Waals surface area contributed by atoms with Crippen LogP contribution in [0.5, 0.6) is 0 Å². The standard InChI is InChI=1S/C26H28F3N5O4/c1-16-5-2-3-7-18(16)10-23(36)30-20-11-19(26(27,28)29)12-21(13-20)31-25(37)32-24-14-34(33-38-24)22-8-4-6-17(9-22)15-35/h2-3,5,7,11-14,17,22,35H,4,6,8-10,15H2,1H3,(H2-,30,31,32,33,36,37)/t17?,22-/m1/s1. The summed E-state index contributed by atoms with van der Waals surface area (Å²) >= 11 is 0.